The molecule has 1 rings (SSSR count). The summed E-state index contributed by atoms with van der Waals surface area (Å²) in [6, 6.07) is 0. The summed E-state index contributed by atoms with van der Waals surface area (Å²) in [6.07, 6.45) is 4.65. The van der Waals surface area contributed by atoms with Gasteiger partial charge in [0.15, 0.2) is 0 Å². The number of aliphatic carboxylic acids is 2. The molecule has 0 saturated heterocycles. The van der Waals surface area contributed by atoms with Gasteiger partial charge in [0.25, 0.3) is 0 Å². The van der Waals surface area contributed by atoms with Crippen LogP contribution >= 0.6 is 0 Å². The van der Waals surface area contributed by atoms with Gasteiger partial charge in [0.1, 0.15) is 0 Å². The molecular formula is C16H28O6. The SMILES string of the molecule is C=C(C)C(=O)O.C=C(C)C(=O)O.OCC1CCCCC1CO. The number of aliphatic hydroxyl groups excluding tert-OH is 2. The number of carboxylic acid groups (broad SMARTS) is 2. The van der Waals surface area contributed by atoms with Gasteiger partial charge >= 0.3 is 11.9 Å². The third kappa shape index (κ3) is 12.1. The molecule has 0 aromatic carbocycles. The van der Waals surface area contributed by atoms with Gasteiger partial charge in [0.05, 0.1) is 0 Å². The van der Waals surface area contributed by atoms with Gasteiger partial charge in [-0.1, -0.05) is 26.0 Å². The Balaban J connectivity index is 0. The quantitative estimate of drug-likeness (QED) is 0.590. The second-order valence-electron chi connectivity index (χ2n) is 5.34. The molecule has 0 bridgehead atoms. The zero-order valence-electron chi connectivity index (χ0n) is 13.4. The van der Waals surface area contributed by atoms with E-state index in [1.54, 1.807) is 0 Å². The average Bonchev–Trinajstić information content (AvgIpc) is 2.48. The first kappa shape index (κ1) is 22.6. The number of aliphatic hydroxyl groups is 2. The Bertz CT molecular complexity index is 315. The highest BCUT2D eigenvalue weighted by molar-refractivity contribution is 5.85. The standard InChI is InChI=1S/C8H16O2.2C4H6O2/c9-5-7-3-1-2-4-8(7)6-10;2*1-3(2)4(5)6/h7-10H,1-6H2;2*1H2,2H3,(H,5,6). The summed E-state index contributed by atoms with van der Waals surface area (Å²) >= 11 is 0. The predicted octanol–water partition coefficient (Wildman–Crippen LogP) is 2.07. The molecule has 22 heavy (non-hydrogen) atoms. The van der Waals surface area contributed by atoms with Crippen molar-refractivity contribution in [1.82, 2.24) is 0 Å². The lowest BCUT2D eigenvalue weighted by Crippen LogP contribution is -2.25. The highest BCUT2D eigenvalue weighted by Crippen LogP contribution is 2.28. The van der Waals surface area contributed by atoms with E-state index in [1.807, 2.05) is 0 Å². The first-order chi connectivity index (χ1) is 10.2. The monoisotopic (exact) mass is 316 g/mol. The third-order valence-corrected chi connectivity index (χ3v) is 3.27. The Morgan fingerprint density at radius 1 is 0.864 bits per heavy atom. The Hall–Kier alpha value is -1.66. The van der Waals surface area contributed by atoms with Crippen LogP contribution in [0.5, 0.6) is 0 Å². The highest BCUT2D eigenvalue weighted by Gasteiger charge is 2.23. The summed E-state index contributed by atoms with van der Waals surface area (Å²) in [6.45, 7) is 9.71. The molecule has 128 valence electrons. The van der Waals surface area contributed by atoms with E-state index in [9.17, 15) is 9.59 Å². The van der Waals surface area contributed by atoms with Crippen molar-refractivity contribution in [3.63, 3.8) is 0 Å². The van der Waals surface area contributed by atoms with E-state index < -0.39 is 11.9 Å². The molecule has 6 nitrogen and oxygen atoms in total. The minimum atomic E-state index is -0.935. The Labute approximate surface area is 131 Å². The van der Waals surface area contributed by atoms with Crippen molar-refractivity contribution in [2.75, 3.05) is 13.2 Å². The van der Waals surface area contributed by atoms with Gasteiger partial charge in [0, 0.05) is 24.4 Å². The van der Waals surface area contributed by atoms with Crippen LogP contribution in [0, 0.1) is 11.8 Å². The van der Waals surface area contributed by atoms with Crippen molar-refractivity contribution < 1.29 is 30.0 Å². The molecule has 0 aliphatic heterocycles. The van der Waals surface area contributed by atoms with Crippen LogP contribution in [0.15, 0.2) is 24.3 Å². The molecule has 1 fully saturated rings. The zero-order valence-corrected chi connectivity index (χ0v) is 13.4. The first-order valence-electron chi connectivity index (χ1n) is 7.16. The maximum atomic E-state index is 9.60. The molecule has 4 N–H and O–H groups in total. The Kier molecular flexibility index (Phi) is 13.4. The second-order valence-corrected chi connectivity index (χ2v) is 5.34. The van der Waals surface area contributed by atoms with Gasteiger partial charge in [-0.15, -0.1) is 0 Å². The summed E-state index contributed by atoms with van der Waals surface area (Å²) in [5.74, 6) is -1.12. The minimum absolute atomic E-state index is 0.176. The minimum Gasteiger partial charge on any atom is -0.478 e. The summed E-state index contributed by atoms with van der Waals surface area (Å²) in [4.78, 5) is 19.2. The molecule has 0 heterocycles. The molecule has 0 spiro atoms. The van der Waals surface area contributed by atoms with Crippen LogP contribution in [0.3, 0.4) is 0 Å². The van der Waals surface area contributed by atoms with Crippen LogP contribution in [0.2, 0.25) is 0 Å². The number of hydrogen-bond acceptors (Lipinski definition) is 4. The van der Waals surface area contributed by atoms with Gasteiger partial charge in [0.2, 0.25) is 0 Å². The predicted molar refractivity (Wildman–Crippen MR) is 84.5 cm³/mol. The number of rotatable bonds is 4. The zero-order chi connectivity index (χ0) is 17.7. The fourth-order valence-electron chi connectivity index (χ4n) is 1.77. The van der Waals surface area contributed by atoms with Crippen LogP contribution in [0.1, 0.15) is 39.5 Å². The van der Waals surface area contributed by atoms with E-state index >= 15 is 0 Å². The Morgan fingerprint density at radius 2 is 1.09 bits per heavy atom. The molecule has 1 aliphatic rings. The molecule has 0 aromatic heterocycles. The molecule has 2 atom stereocenters. The van der Waals surface area contributed by atoms with Crippen molar-refractivity contribution in [3.8, 4) is 0 Å². The normalized spacial score (nSPS) is 19.6. The van der Waals surface area contributed by atoms with E-state index in [1.165, 1.54) is 26.7 Å². The van der Waals surface area contributed by atoms with Crippen molar-refractivity contribution in [1.29, 1.82) is 0 Å². The van der Waals surface area contributed by atoms with Crippen LogP contribution < -0.4 is 0 Å². The summed E-state index contributed by atoms with van der Waals surface area (Å²) < 4.78 is 0. The van der Waals surface area contributed by atoms with Crippen LogP contribution in [0.25, 0.3) is 0 Å². The van der Waals surface area contributed by atoms with Crippen molar-refractivity contribution in [3.05, 3.63) is 24.3 Å². The molecular weight excluding hydrogens is 288 g/mol. The maximum absolute atomic E-state index is 9.60. The first-order valence-corrected chi connectivity index (χ1v) is 7.16. The second kappa shape index (κ2) is 13.0. The smallest absolute Gasteiger partial charge is 0.330 e. The molecule has 1 aliphatic carbocycles. The van der Waals surface area contributed by atoms with Crippen LogP contribution in [0.4, 0.5) is 0 Å². The van der Waals surface area contributed by atoms with Gasteiger partial charge in [-0.05, 0) is 38.5 Å². The molecule has 6 heteroatoms. The summed E-state index contributed by atoms with van der Waals surface area (Å²) in [5.41, 5.74) is 0.352. The van der Waals surface area contributed by atoms with E-state index in [-0.39, 0.29) is 24.4 Å². The van der Waals surface area contributed by atoms with E-state index in [0.29, 0.717) is 11.8 Å². The molecule has 1 saturated carbocycles. The van der Waals surface area contributed by atoms with Gasteiger partial charge in [-0.25, -0.2) is 9.59 Å². The van der Waals surface area contributed by atoms with Crippen molar-refractivity contribution in [2.24, 2.45) is 11.8 Å². The highest BCUT2D eigenvalue weighted by atomic mass is 16.4. The molecule has 0 aromatic rings. The summed E-state index contributed by atoms with van der Waals surface area (Å²) in [7, 11) is 0. The van der Waals surface area contributed by atoms with E-state index in [0.717, 1.165) is 12.8 Å². The molecule has 0 amide bonds. The van der Waals surface area contributed by atoms with Crippen LogP contribution in [-0.2, 0) is 9.59 Å². The maximum Gasteiger partial charge on any atom is 0.330 e. The van der Waals surface area contributed by atoms with E-state index in [4.69, 9.17) is 20.4 Å². The Morgan fingerprint density at radius 3 is 1.23 bits per heavy atom. The lowest BCUT2D eigenvalue weighted by molar-refractivity contribution is -0.133. The summed E-state index contributed by atoms with van der Waals surface area (Å²) in [5, 5.41) is 33.5. The fourth-order valence-corrected chi connectivity index (χ4v) is 1.77. The number of carbonyl (C=O) groups is 2. The van der Waals surface area contributed by atoms with Gasteiger partial charge < -0.3 is 20.4 Å². The molecule has 0 radical (unpaired) electrons. The fraction of sp³-hybridized carbons (Fsp3) is 0.625. The van der Waals surface area contributed by atoms with Gasteiger partial charge in [-0.2, -0.15) is 0 Å². The topological polar surface area (TPSA) is 115 Å². The van der Waals surface area contributed by atoms with Crippen molar-refractivity contribution in [2.45, 2.75) is 39.5 Å². The average molecular weight is 316 g/mol. The molecule has 2 unspecified atom stereocenters. The largest absolute Gasteiger partial charge is 0.478 e. The third-order valence-electron chi connectivity index (χ3n) is 3.27. The van der Waals surface area contributed by atoms with Crippen molar-refractivity contribution >= 4 is 11.9 Å². The van der Waals surface area contributed by atoms with E-state index in [2.05, 4.69) is 13.2 Å². The lowest BCUT2D eigenvalue weighted by atomic mass is 9.80. The number of hydrogen-bond donors (Lipinski definition) is 4. The van der Waals surface area contributed by atoms with Gasteiger partial charge in [-0.3, -0.25) is 0 Å². The van der Waals surface area contributed by atoms with Crippen LogP contribution in [-0.4, -0.2) is 45.6 Å². The number of carboxylic acids is 2. The lowest BCUT2D eigenvalue weighted by Gasteiger charge is -2.28.